The van der Waals surface area contributed by atoms with Crippen LogP contribution in [0.15, 0.2) is 0 Å². The number of rotatable bonds is 8. The first kappa shape index (κ1) is 12.3. The molecule has 0 aliphatic heterocycles. The normalized spacial score (nSPS) is 13.2. The van der Waals surface area contributed by atoms with Crippen LogP contribution in [0.4, 0.5) is 0 Å². The fourth-order valence-electron chi connectivity index (χ4n) is 0.903. The summed E-state index contributed by atoms with van der Waals surface area (Å²) in [5.74, 6) is 1.78. The van der Waals surface area contributed by atoms with Crippen molar-refractivity contribution in [1.29, 1.82) is 0 Å². The molecule has 0 aromatic carbocycles. The molecule has 0 rings (SSSR count). The van der Waals surface area contributed by atoms with Crippen molar-refractivity contribution in [2.45, 2.75) is 38.7 Å². The standard InChI is InChI=1S/C9H20O2S/c1-2-3-4-5-6-12-8-9(11)7-10/h9-11H,2-8H2,1H3. The first-order valence-corrected chi connectivity index (χ1v) is 5.83. The van der Waals surface area contributed by atoms with Gasteiger partial charge in [-0.1, -0.05) is 26.2 Å². The molecule has 0 aromatic heterocycles. The van der Waals surface area contributed by atoms with E-state index in [4.69, 9.17) is 10.2 Å². The molecule has 0 saturated heterocycles. The van der Waals surface area contributed by atoms with Crippen molar-refractivity contribution in [3.63, 3.8) is 0 Å². The number of hydrogen-bond donors (Lipinski definition) is 2. The molecule has 0 saturated carbocycles. The van der Waals surface area contributed by atoms with Crippen molar-refractivity contribution in [1.82, 2.24) is 0 Å². The molecule has 3 heteroatoms. The molecule has 0 spiro atoms. The second-order valence-electron chi connectivity index (χ2n) is 2.97. The lowest BCUT2D eigenvalue weighted by Crippen LogP contribution is -2.14. The summed E-state index contributed by atoms with van der Waals surface area (Å²) in [6, 6.07) is 0. The minimum Gasteiger partial charge on any atom is -0.394 e. The van der Waals surface area contributed by atoms with Crippen molar-refractivity contribution in [2.24, 2.45) is 0 Å². The van der Waals surface area contributed by atoms with Crippen LogP contribution in [-0.4, -0.2) is 34.4 Å². The molecular formula is C9H20O2S. The molecule has 12 heavy (non-hydrogen) atoms. The van der Waals surface area contributed by atoms with Crippen molar-refractivity contribution < 1.29 is 10.2 Å². The lowest BCUT2D eigenvalue weighted by Gasteiger charge is -2.05. The summed E-state index contributed by atoms with van der Waals surface area (Å²) >= 11 is 1.73. The van der Waals surface area contributed by atoms with Gasteiger partial charge in [-0.15, -0.1) is 0 Å². The SMILES string of the molecule is CCCCCCSCC(O)CO. The van der Waals surface area contributed by atoms with E-state index in [1.54, 1.807) is 11.8 Å². The van der Waals surface area contributed by atoms with Gasteiger partial charge in [-0.3, -0.25) is 0 Å². The highest BCUT2D eigenvalue weighted by atomic mass is 32.2. The second-order valence-corrected chi connectivity index (χ2v) is 4.12. The largest absolute Gasteiger partial charge is 0.394 e. The maximum absolute atomic E-state index is 8.99. The van der Waals surface area contributed by atoms with E-state index in [-0.39, 0.29) is 6.61 Å². The van der Waals surface area contributed by atoms with Gasteiger partial charge in [0.15, 0.2) is 0 Å². The monoisotopic (exact) mass is 192 g/mol. The van der Waals surface area contributed by atoms with E-state index in [2.05, 4.69) is 6.92 Å². The predicted molar refractivity (Wildman–Crippen MR) is 54.6 cm³/mol. The molecular weight excluding hydrogens is 172 g/mol. The van der Waals surface area contributed by atoms with Crippen LogP contribution >= 0.6 is 11.8 Å². The summed E-state index contributed by atoms with van der Waals surface area (Å²) in [4.78, 5) is 0. The van der Waals surface area contributed by atoms with Crippen LogP contribution in [0.2, 0.25) is 0 Å². The van der Waals surface area contributed by atoms with Crippen molar-refractivity contribution >= 4 is 11.8 Å². The molecule has 0 aliphatic carbocycles. The molecule has 2 nitrogen and oxygen atoms in total. The van der Waals surface area contributed by atoms with Gasteiger partial charge in [-0.25, -0.2) is 0 Å². The van der Waals surface area contributed by atoms with Crippen LogP contribution in [0.3, 0.4) is 0 Å². The van der Waals surface area contributed by atoms with Gasteiger partial charge < -0.3 is 10.2 Å². The molecule has 0 aromatic rings. The zero-order chi connectivity index (χ0) is 9.23. The Morgan fingerprint density at radius 3 is 2.58 bits per heavy atom. The Kier molecular flexibility index (Phi) is 9.57. The third-order valence-electron chi connectivity index (χ3n) is 1.66. The van der Waals surface area contributed by atoms with Gasteiger partial charge >= 0.3 is 0 Å². The fraction of sp³-hybridized carbons (Fsp3) is 1.00. The Hall–Kier alpha value is 0.270. The average Bonchev–Trinajstić information content (AvgIpc) is 2.10. The maximum atomic E-state index is 8.99. The first-order chi connectivity index (χ1) is 5.81. The van der Waals surface area contributed by atoms with E-state index in [1.165, 1.54) is 25.7 Å². The smallest absolute Gasteiger partial charge is 0.0861 e. The number of unbranched alkanes of at least 4 members (excludes halogenated alkanes) is 3. The summed E-state index contributed by atoms with van der Waals surface area (Å²) in [6.07, 6.45) is 4.57. The van der Waals surface area contributed by atoms with Gasteiger partial charge in [-0.2, -0.15) is 11.8 Å². The summed E-state index contributed by atoms with van der Waals surface area (Å²) in [5, 5.41) is 17.5. The molecule has 0 aliphatic rings. The summed E-state index contributed by atoms with van der Waals surface area (Å²) in [7, 11) is 0. The Labute approximate surface area is 79.4 Å². The Bertz CT molecular complexity index is 88.6. The fourth-order valence-corrected chi connectivity index (χ4v) is 1.86. The lowest BCUT2D eigenvalue weighted by atomic mass is 10.2. The number of thioether (sulfide) groups is 1. The molecule has 74 valence electrons. The highest BCUT2D eigenvalue weighted by Gasteiger charge is 2.00. The van der Waals surface area contributed by atoms with E-state index in [0.717, 1.165) is 5.75 Å². The number of aliphatic hydroxyl groups excluding tert-OH is 2. The average molecular weight is 192 g/mol. The molecule has 1 unspecified atom stereocenters. The Balaban J connectivity index is 2.90. The van der Waals surface area contributed by atoms with Crippen LogP contribution in [0, 0.1) is 0 Å². The molecule has 0 amide bonds. The number of hydrogen-bond acceptors (Lipinski definition) is 3. The molecule has 0 heterocycles. The van der Waals surface area contributed by atoms with E-state index in [1.807, 2.05) is 0 Å². The molecule has 0 fully saturated rings. The summed E-state index contributed by atoms with van der Waals surface area (Å²) in [5.41, 5.74) is 0. The molecule has 2 N–H and O–H groups in total. The minimum atomic E-state index is -0.527. The van der Waals surface area contributed by atoms with Gasteiger partial charge in [0.2, 0.25) is 0 Å². The Morgan fingerprint density at radius 1 is 1.25 bits per heavy atom. The lowest BCUT2D eigenvalue weighted by molar-refractivity contribution is 0.113. The Morgan fingerprint density at radius 2 is 2.00 bits per heavy atom. The van der Waals surface area contributed by atoms with Crippen LogP contribution in [-0.2, 0) is 0 Å². The van der Waals surface area contributed by atoms with Gasteiger partial charge in [-0.05, 0) is 12.2 Å². The summed E-state index contributed by atoms with van der Waals surface area (Å²) in [6.45, 7) is 2.09. The first-order valence-electron chi connectivity index (χ1n) is 4.68. The van der Waals surface area contributed by atoms with E-state index in [9.17, 15) is 0 Å². The van der Waals surface area contributed by atoms with Crippen LogP contribution < -0.4 is 0 Å². The highest BCUT2D eigenvalue weighted by molar-refractivity contribution is 7.99. The van der Waals surface area contributed by atoms with Crippen molar-refractivity contribution in [2.75, 3.05) is 18.1 Å². The quantitative estimate of drug-likeness (QED) is 0.575. The van der Waals surface area contributed by atoms with E-state index < -0.39 is 6.10 Å². The topological polar surface area (TPSA) is 40.5 Å². The molecule has 0 bridgehead atoms. The highest BCUT2D eigenvalue weighted by Crippen LogP contribution is 2.08. The number of aliphatic hydroxyl groups is 2. The third kappa shape index (κ3) is 8.37. The third-order valence-corrected chi connectivity index (χ3v) is 2.86. The van der Waals surface area contributed by atoms with Crippen LogP contribution in [0.5, 0.6) is 0 Å². The zero-order valence-corrected chi connectivity index (χ0v) is 8.65. The van der Waals surface area contributed by atoms with Crippen LogP contribution in [0.1, 0.15) is 32.6 Å². The molecule has 0 radical (unpaired) electrons. The van der Waals surface area contributed by atoms with Crippen molar-refractivity contribution in [3.8, 4) is 0 Å². The van der Waals surface area contributed by atoms with Gasteiger partial charge in [0, 0.05) is 5.75 Å². The predicted octanol–water partition coefficient (Wildman–Crippen LogP) is 1.65. The zero-order valence-electron chi connectivity index (χ0n) is 7.83. The maximum Gasteiger partial charge on any atom is 0.0861 e. The summed E-state index contributed by atoms with van der Waals surface area (Å²) < 4.78 is 0. The minimum absolute atomic E-state index is 0.109. The van der Waals surface area contributed by atoms with Gasteiger partial charge in [0.25, 0.3) is 0 Å². The van der Waals surface area contributed by atoms with Gasteiger partial charge in [0.05, 0.1) is 12.7 Å². The van der Waals surface area contributed by atoms with Gasteiger partial charge in [0.1, 0.15) is 0 Å². The van der Waals surface area contributed by atoms with E-state index >= 15 is 0 Å². The van der Waals surface area contributed by atoms with Crippen LogP contribution in [0.25, 0.3) is 0 Å². The van der Waals surface area contributed by atoms with Crippen molar-refractivity contribution in [3.05, 3.63) is 0 Å². The molecule has 1 atom stereocenters. The second kappa shape index (κ2) is 9.36. The van der Waals surface area contributed by atoms with E-state index in [0.29, 0.717) is 5.75 Å².